The molecule has 1 aromatic heterocycles. The van der Waals surface area contributed by atoms with E-state index >= 15 is 0 Å². The maximum absolute atomic E-state index is 3.64. The molecule has 1 unspecified atom stereocenters. The smallest absolute Gasteiger partial charge is 0.0169 e. The molecule has 1 atom stereocenters. The molecule has 2 heteroatoms. The van der Waals surface area contributed by atoms with Gasteiger partial charge in [-0.2, -0.15) is 0 Å². The third kappa shape index (κ3) is 3.16. The first-order chi connectivity index (χ1) is 8.66. The van der Waals surface area contributed by atoms with Crippen molar-refractivity contribution >= 4 is 11.3 Å². The molecule has 0 spiro atoms. The van der Waals surface area contributed by atoms with Gasteiger partial charge in [-0.1, -0.05) is 32.8 Å². The van der Waals surface area contributed by atoms with Crippen molar-refractivity contribution in [2.45, 2.75) is 58.4 Å². The van der Waals surface area contributed by atoms with Crippen molar-refractivity contribution in [2.75, 3.05) is 7.05 Å². The molecule has 1 N–H and O–H groups in total. The minimum atomic E-state index is 0.549. The number of hydrogen-bond acceptors (Lipinski definition) is 2. The molecular formula is C16H27NS. The molecule has 102 valence electrons. The van der Waals surface area contributed by atoms with Crippen LogP contribution in [0.3, 0.4) is 0 Å². The van der Waals surface area contributed by atoms with Gasteiger partial charge < -0.3 is 5.32 Å². The molecule has 1 saturated carbocycles. The van der Waals surface area contributed by atoms with Crippen LogP contribution in [0.2, 0.25) is 0 Å². The molecule has 1 heterocycles. The van der Waals surface area contributed by atoms with Crippen LogP contribution in [-0.4, -0.2) is 13.1 Å². The van der Waals surface area contributed by atoms with E-state index in [1.54, 1.807) is 0 Å². The lowest BCUT2D eigenvalue weighted by Crippen LogP contribution is -2.44. The molecule has 1 fully saturated rings. The highest BCUT2D eigenvalue weighted by Crippen LogP contribution is 2.46. The standard InChI is InChI=1S/C16H27NS/c1-13(2)12-16(8-4-5-9-16)15(17-3)11-14-7-6-10-18-14/h6-7,10,13,15,17H,4-5,8-9,11-12H2,1-3H3. The second-order valence-electron chi connectivity index (χ2n) is 6.29. The third-order valence-corrected chi connectivity index (χ3v) is 5.39. The van der Waals surface area contributed by atoms with Crippen LogP contribution in [0.5, 0.6) is 0 Å². The van der Waals surface area contributed by atoms with Crippen molar-refractivity contribution in [3.63, 3.8) is 0 Å². The van der Waals surface area contributed by atoms with Gasteiger partial charge in [0.05, 0.1) is 0 Å². The van der Waals surface area contributed by atoms with Crippen molar-refractivity contribution in [1.82, 2.24) is 5.32 Å². The second-order valence-corrected chi connectivity index (χ2v) is 7.32. The average molecular weight is 265 g/mol. The zero-order valence-corrected chi connectivity index (χ0v) is 12.9. The monoisotopic (exact) mass is 265 g/mol. The molecule has 2 rings (SSSR count). The zero-order valence-electron chi connectivity index (χ0n) is 12.0. The van der Waals surface area contributed by atoms with Crippen LogP contribution in [0.1, 0.15) is 50.8 Å². The van der Waals surface area contributed by atoms with Gasteiger partial charge in [0.2, 0.25) is 0 Å². The highest BCUT2D eigenvalue weighted by Gasteiger charge is 2.40. The van der Waals surface area contributed by atoms with Crippen molar-refractivity contribution in [2.24, 2.45) is 11.3 Å². The number of hydrogen-bond donors (Lipinski definition) is 1. The van der Waals surface area contributed by atoms with Crippen molar-refractivity contribution < 1.29 is 0 Å². The van der Waals surface area contributed by atoms with Crippen LogP contribution in [0.15, 0.2) is 17.5 Å². The van der Waals surface area contributed by atoms with Crippen molar-refractivity contribution in [3.05, 3.63) is 22.4 Å². The van der Waals surface area contributed by atoms with Crippen LogP contribution in [-0.2, 0) is 6.42 Å². The Labute approximate surface area is 116 Å². The van der Waals surface area contributed by atoms with Crippen LogP contribution < -0.4 is 5.32 Å². The Kier molecular flexibility index (Phi) is 4.85. The lowest BCUT2D eigenvalue weighted by molar-refractivity contribution is 0.160. The van der Waals surface area contributed by atoms with Crippen molar-refractivity contribution in [1.29, 1.82) is 0 Å². The molecule has 0 amide bonds. The first-order valence-corrected chi connectivity index (χ1v) is 8.24. The molecule has 1 aromatic rings. The Morgan fingerprint density at radius 2 is 2.06 bits per heavy atom. The fourth-order valence-electron chi connectivity index (χ4n) is 3.84. The normalized spacial score (nSPS) is 20.4. The van der Waals surface area contributed by atoms with E-state index < -0.39 is 0 Å². The fourth-order valence-corrected chi connectivity index (χ4v) is 4.59. The summed E-state index contributed by atoms with van der Waals surface area (Å²) in [4.78, 5) is 1.53. The summed E-state index contributed by atoms with van der Waals surface area (Å²) in [5.74, 6) is 0.808. The molecule has 1 aliphatic rings. The average Bonchev–Trinajstić information content (AvgIpc) is 2.96. The predicted molar refractivity (Wildman–Crippen MR) is 81.2 cm³/mol. The Bertz CT molecular complexity index is 336. The van der Waals surface area contributed by atoms with Crippen LogP contribution >= 0.6 is 11.3 Å². The Morgan fingerprint density at radius 1 is 1.33 bits per heavy atom. The van der Waals surface area contributed by atoms with Gasteiger partial charge >= 0.3 is 0 Å². The van der Waals surface area contributed by atoms with E-state index in [1.807, 2.05) is 11.3 Å². The SMILES string of the molecule is CNC(Cc1cccs1)C1(CC(C)C)CCCC1. The number of likely N-dealkylation sites (N-methyl/N-ethyl adjacent to an activating group) is 1. The first-order valence-electron chi connectivity index (χ1n) is 7.36. The fraction of sp³-hybridized carbons (Fsp3) is 0.750. The summed E-state index contributed by atoms with van der Waals surface area (Å²) in [7, 11) is 2.15. The molecule has 0 saturated heterocycles. The highest BCUT2D eigenvalue weighted by atomic mass is 32.1. The second kappa shape index (κ2) is 6.21. The van der Waals surface area contributed by atoms with Gasteiger partial charge in [-0.05, 0) is 55.5 Å². The Hall–Kier alpha value is -0.340. The summed E-state index contributed by atoms with van der Waals surface area (Å²) in [5.41, 5.74) is 0.549. The van der Waals surface area contributed by atoms with Crippen molar-refractivity contribution in [3.8, 4) is 0 Å². The van der Waals surface area contributed by atoms with E-state index in [1.165, 1.54) is 43.4 Å². The molecule has 0 radical (unpaired) electrons. The lowest BCUT2D eigenvalue weighted by atomic mass is 9.71. The van der Waals surface area contributed by atoms with Gasteiger partial charge in [0, 0.05) is 10.9 Å². The summed E-state index contributed by atoms with van der Waals surface area (Å²) in [6.07, 6.45) is 8.28. The van der Waals surface area contributed by atoms with Gasteiger partial charge in [-0.25, -0.2) is 0 Å². The summed E-state index contributed by atoms with van der Waals surface area (Å²) >= 11 is 1.90. The minimum Gasteiger partial charge on any atom is -0.316 e. The lowest BCUT2D eigenvalue weighted by Gasteiger charge is -2.39. The Morgan fingerprint density at radius 3 is 2.56 bits per heavy atom. The van der Waals surface area contributed by atoms with E-state index in [-0.39, 0.29) is 0 Å². The van der Waals surface area contributed by atoms with Crippen LogP contribution in [0, 0.1) is 11.3 Å². The molecular weight excluding hydrogens is 238 g/mol. The van der Waals surface area contributed by atoms with Gasteiger partial charge in [-0.15, -0.1) is 11.3 Å². The van der Waals surface area contributed by atoms with Gasteiger partial charge in [-0.3, -0.25) is 0 Å². The maximum atomic E-state index is 3.64. The van der Waals surface area contributed by atoms with E-state index in [0.717, 1.165) is 5.92 Å². The Balaban J connectivity index is 2.11. The molecule has 0 aromatic carbocycles. The number of rotatable bonds is 6. The predicted octanol–water partition coefficient (Wildman–Crippen LogP) is 4.49. The third-order valence-electron chi connectivity index (χ3n) is 4.49. The summed E-state index contributed by atoms with van der Waals surface area (Å²) < 4.78 is 0. The van der Waals surface area contributed by atoms with Crippen LogP contribution in [0.4, 0.5) is 0 Å². The minimum absolute atomic E-state index is 0.549. The van der Waals surface area contributed by atoms with Crippen LogP contribution in [0.25, 0.3) is 0 Å². The zero-order chi connectivity index (χ0) is 13.0. The molecule has 0 aliphatic heterocycles. The first kappa shape index (κ1) is 14.1. The number of nitrogens with one attached hydrogen (secondary N) is 1. The van der Waals surface area contributed by atoms with Gasteiger partial charge in [0.15, 0.2) is 0 Å². The largest absolute Gasteiger partial charge is 0.316 e. The number of thiophene rings is 1. The topological polar surface area (TPSA) is 12.0 Å². The van der Waals surface area contributed by atoms with Gasteiger partial charge in [0.1, 0.15) is 0 Å². The molecule has 0 bridgehead atoms. The summed E-state index contributed by atoms with van der Waals surface area (Å²) in [5, 5.41) is 5.84. The maximum Gasteiger partial charge on any atom is 0.0169 e. The van der Waals surface area contributed by atoms with E-state index in [9.17, 15) is 0 Å². The summed E-state index contributed by atoms with van der Waals surface area (Å²) in [6, 6.07) is 5.12. The van der Waals surface area contributed by atoms with E-state index in [2.05, 4.69) is 43.7 Å². The molecule has 18 heavy (non-hydrogen) atoms. The summed E-state index contributed by atoms with van der Waals surface area (Å²) in [6.45, 7) is 4.75. The van der Waals surface area contributed by atoms with E-state index in [4.69, 9.17) is 0 Å². The van der Waals surface area contributed by atoms with Gasteiger partial charge in [0.25, 0.3) is 0 Å². The molecule has 1 aliphatic carbocycles. The quantitative estimate of drug-likeness (QED) is 0.799. The van der Waals surface area contributed by atoms with E-state index in [0.29, 0.717) is 11.5 Å². The molecule has 1 nitrogen and oxygen atoms in total. The highest BCUT2D eigenvalue weighted by molar-refractivity contribution is 7.09.